The molecule has 0 heterocycles. The van der Waals surface area contributed by atoms with Crippen molar-refractivity contribution in [2.24, 2.45) is 0 Å². The van der Waals surface area contributed by atoms with Gasteiger partial charge in [0.2, 0.25) is 5.91 Å². The molecule has 0 bridgehead atoms. The molecule has 0 saturated carbocycles. The van der Waals surface area contributed by atoms with Crippen molar-refractivity contribution in [1.82, 2.24) is 0 Å². The van der Waals surface area contributed by atoms with Gasteiger partial charge in [-0.1, -0.05) is 19.1 Å². The van der Waals surface area contributed by atoms with E-state index < -0.39 is 5.97 Å². The number of esters is 1. The molecule has 0 saturated heterocycles. The van der Waals surface area contributed by atoms with Gasteiger partial charge in [0.15, 0.2) is 0 Å². The van der Waals surface area contributed by atoms with Gasteiger partial charge in [-0.2, -0.15) is 0 Å². The molecule has 0 aliphatic rings. The topological polar surface area (TPSA) is 55.4 Å². The molecule has 1 aromatic carbocycles. The molecule has 1 aromatic rings. The van der Waals surface area contributed by atoms with Gasteiger partial charge in [0.25, 0.3) is 0 Å². The van der Waals surface area contributed by atoms with E-state index in [1.54, 1.807) is 0 Å². The van der Waals surface area contributed by atoms with E-state index in [1.165, 1.54) is 12.7 Å². The predicted octanol–water partition coefficient (Wildman–Crippen LogP) is 1.75. The highest BCUT2D eigenvalue weighted by Gasteiger charge is 2.08. The maximum absolute atomic E-state index is 11.3. The van der Waals surface area contributed by atoms with E-state index in [-0.39, 0.29) is 12.3 Å². The molecular weight excluding hydrogens is 206 g/mol. The maximum atomic E-state index is 11.3. The van der Waals surface area contributed by atoms with Crippen LogP contribution in [0.15, 0.2) is 24.3 Å². The lowest BCUT2D eigenvalue weighted by Gasteiger charge is -2.05. The number of hydrogen-bond donors (Lipinski definition) is 1. The number of anilines is 1. The van der Waals surface area contributed by atoms with Gasteiger partial charge in [-0.25, -0.2) is 0 Å². The fourth-order valence-electron chi connectivity index (χ4n) is 1.23. The smallest absolute Gasteiger partial charge is 0.315 e. The summed E-state index contributed by atoms with van der Waals surface area (Å²) in [5.74, 6) is -0.904. The van der Waals surface area contributed by atoms with E-state index in [9.17, 15) is 9.59 Å². The standard InChI is InChI=1S/C12H15NO3/c1-3-9-4-6-10(7-5-9)13-11(14)8-12(15)16-2/h4-7H,3,8H2,1-2H3,(H,13,14). The van der Waals surface area contributed by atoms with Crippen LogP contribution in [0.25, 0.3) is 0 Å². The number of methoxy groups -OCH3 is 1. The normalized spacial score (nSPS) is 9.62. The number of aryl methyl sites for hydroxylation is 1. The zero-order valence-electron chi connectivity index (χ0n) is 9.45. The first kappa shape index (κ1) is 12.2. The van der Waals surface area contributed by atoms with Gasteiger partial charge in [0.1, 0.15) is 6.42 Å². The van der Waals surface area contributed by atoms with Crippen LogP contribution in [0.4, 0.5) is 5.69 Å². The molecule has 1 rings (SSSR count). The summed E-state index contributed by atoms with van der Waals surface area (Å²) < 4.78 is 4.40. The molecule has 0 spiro atoms. The summed E-state index contributed by atoms with van der Waals surface area (Å²) in [7, 11) is 1.26. The molecule has 0 aliphatic carbocycles. The minimum Gasteiger partial charge on any atom is -0.469 e. The summed E-state index contributed by atoms with van der Waals surface area (Å²) in [6, 6.07) is 7.50. The summed E-state index contributed by atoms with van der Waals surface area (Å²) in [5, 5.41) is 2.62. The summed E-state index contributed by atoms with van der Waals surface area (Å²) in [5.41, 5.74) is 1.89. The van der Waals surface area contributed by atoms with Crippen LogP contribution in [0.1, 0.15) is 18.9 Å². The van der Waals surface area contributed by atoms with Crippen LogP contribution >= 0.6 is 0 Å². The van der Waals surface area contributed by atoms with Crippen molar-refractivity contribution < 1.29 is 14.3 Å². The first-order valence-corrected chi connectivity index (χ1v) is 5.11. The molecule has 1 N–H and O–H groups in total. The van der Waals surface area contributed by atoms with Crippen molar-refractivity contribution in [2.45, 2.75) is 19.8 Å². The Bertz CT molecular complexity index is 370. The van der Waals surface area contributed by atoms with Crippen molar-refractivity contribution in [2.75, 3.05) is 12.4 Å². The van der Waals surface area contributed by atoms with Gasteiger partial charge < -0.3 is 10.1 Å². The van der Waals surface area contributed by atoms with Gasteiger partial charge in [0.05, 0.1) is 7.11 Å². The largest absolute Gasteiger partial charge is 0.469 e. The Labute approximate surface area is 94.6 Å². The van der Waals surface area contributed by atoms with E-state index in [0.29, 0.717) is 5.69 Å². The minimum absolute atomic E-state index is 0.258. The van der Waals surface area contributed by atoms with E-state index in [4.69, 9.17) is 0 Å². The van der Waals surface area contributed by atoms with Crippen LogP contribution in [-0.4, -0.2) is 19.0 Å². The molecule has 0 unspecified atom stereocenters. The number of hydrogen-bond acceptors (Lipinski definition) is 3. The van der Waals surface area contributed by atoms with Crippen LogP contribution < -0.4 is 5.32 Å². The highest BCUT2D eigenvalue weighted by atomic mass is 16.5. The molecule has 0 atom stereocenters. The van der Waals surface area contributed by atoms with Crippen molar-refractivity contribution in [3.05, 3.63) is 29.8 Å². The van der Waals surface area contributed by atoms with Crippen LogP contribution in [-0.2, 0) is 20.7 Å². The first-order chi connectivity index (χ1) is 7.65. The third-order valence-electron chi connectivity index (χ3n) is 2.18. The second kappa shape index (κ2) is 5.90. The predicted molar refractivity (Wildman–Crippen MR) is 61.1 cm³/mol. The zero-order chi connectivity index (χ0) is 12.0. The SMILES string of the molecule is CCc1ccc(NC(=O)CC(=O)OC)cc1. The first-order valence-electron chi connectivity index (χ1n) is 5.11. The van der Waals surface area contributed by atoms with Gasteiger partial charge in [-0.15, -0.1) is 0 Å². The van der Waals surface area contributed by atoms with E-state index in [0.717, 1.165) is 6.42 Å². The molecule has 1 amide bonds. The lowest BCUT2D eigenvalue weighted by Crippen LogP contribution is -2.17. The fourth-order valence-corrected chi connectivity index (χ4v) is 1.23. The van der Waals surface area contributed by atoms with Crippen molar-refractivity contribution in [3.8, 4) is 0 Å². The van der Waals surface area contributed by atoms with Crippen LogP contribution in [0.2, 0.25) is 0 Å². The summed E-state index contributed by atoms with van der Waals surface area (Å²) in [6.07, 6.45) is 0.697. The number of benzene rings is 1. The fraction of sp³-hybridized carbons (Fsp3) is 0.333. The van der Waals surface area contributed by atoms with Gasteiger partial charge in [-0.3, -0.25) is 9.59 Å². The number of carbonyl (C=O) groups is 2. The number of rotatable bonds is 4. The highest BCUT2D eigenvalue weighted by molar-refractivity contribution is 6.01. The molecule has 4 heteroatoms. The summed E-state index contributed by atoms with van der Waals surface area (Å²) in [6.45, 7) is 2.06. The van der Waals surface area contributed by atoms with Gasteiger partial charge in [-0.05, 0) is 24.1 Å². The van der Waals surface area contributed by atoms with Crippen LogP contribution in [0.3, 0.4) is 0 Å². The highest BCUT2D eigenvalue weighted by Crippen LogP contribution is 2.10. The molecule has 16 heavy (non-hydrogen) atoms. The third-order valence-corrected chi connectivity index (χ3v) is 2.18. The molecular formula is C12H15NO3. The molecule has 4 nitrogen and oxygen atoms in total. The number of amides is 1. The van der Waals surface area contributed by atoms with E-state index in [1.807, 2.05) is 24.3 Å². The van der Waals surface area contributed by atoms with Gasteiger partial charge in [0, 0.05) is 5.69 Å². The number of carbonyl (C=O) groups excluding carboxylic acids is 2. The minimum atomic E-state index is -0.539. The Hall–Kier alpha value is -1.84. The quantitative estimate of drug-likeness (QED) is 0.622. The third kappa shape index (κ3) is 3.73. The van der Waals surface area contributed by atoms with Crippen LogP contribution in [0.5, 0.6) is 0 Å². The lowest BCUT2D eigenvalue weighted by atomic mass is 10.1. The number of nitrogens with one attached hydrogen (secondary N) is 1. The van der Waals surface area contributed by atoms with Crippen molar-refractivity contribution in [1.29, 1.82) is 0 Å². The average molecular weight is 221 g/mol. The van der Waals surface area contributed by atoms with Crippen LogP contribution in [0, 0.1) is 0 Å². The summed E-state index contributed by atoms with van der Waals surface area (Å²) >= 11 is 0. The van der Waals surface area contributed by atoms with Crippen molar-refractivity contribution in [3.63, 3.8) is 0 Å². The van der Waals surface area contributed by atoms with E-state index >= 15 is 0 Å². The second-order valence-electron chi connectivity index (χ2n) is 3.35. The molecule has 0 aliphatic heterocycles. The Balaban J connectivity index is 2.52. The Morgan fingerprint density at radius 2 is 1.88 bits per heavy atom. The maximum Gasteiger partial charge on any atom is 0.315 e. The van der Waals surface area contributed by atoms with Gasteiger partial charge >= 0.3 is 5.97 Å². The Kier molecular flexibility index (Phi) is 4.51. The van der Waals surface area contributed by atoms with Crippen molar-refractivity contribution >= 4 is 17.6 Å². The zero-order valence-corrected chi connectivity index (χ0v) is 9.45. The molecule has 86 valence electrons. The number of ether oxygens (including phenoxy) is 1. The Morgan fingerprint density at radius 3 is 2.38 bits per heavy atom. The molecule has 0 aromatic heterocycles. The second-order valence-corrected chi connectivity index (χ2v) is 3.35. The Morgan fingerprint density at radius 1 is 1.25 bits per heavy atom. The lowest BCUT2D eigenvalue weighted by molar-refractivity contribution is -0.142. The monoisotopic (exact) mass is 221 g/mol. The molecule has 0 radical (unpaired) electrons. The average Bonchev–Trinajstić information content (AvgIpc) is 2.29. The molecule has 0 fully saturated rings. The summed E-state index contributed by atoms with van der Waals surface area (Å²) in [4.78, 5) is 22.2. The van der Waals surface area contributed by atoms with E-state index in [2.05, 4.69) is 17.0 Å².